The summed E-state index contributed by atoms with van der Waals surface area (Å²) in [5.74, 6) is 1.16. The first-order valence-electron chi connectivity index (χ1n) is 8.25. The number of nitrogens with zero attached hydrogens (tertiary/aromatic N) is 2. The van der Waals surface area contributed by atoms with Gasteiger partial charge in [0.25, 0.3) is 0 Å². The van der Waals surface area contributed by atoms with Gasteiger partial charge < -0.3 is 10.3 Å². The largest absolute Gasteiger partial charge is 0.338 e. The van der Waals surface area contributed by atoms with Crippen LogP contribution in [0.2, 0.25) is 5.02 Å². The second-order valence-corrected chi connectivity index (χ2v) is 7.86. The van der Waals surface area contributed by atoms with E-state index >= 15 is 0 Å². The van der Waals surface area contributed by atoms with Crippen molar-refractivity contribution in [2.24, 2.45) is 5.73 Å². The smallest absolute Gasteiger partial charge is 0.244 e. The highest BCUT2D eigenvalue weighted by Crippen LogP contribution is 2.43. The Bertz CT molecular complexity index is 864. The van der Waals surface area contributed by atoms with E-state index in [0.29, 0.717) is 16.7 Å². The molecule has 4 rings (SSSR count). The summed E-state index contributed by atoms with van der Waals surface area (Å²) in [5.41, 5.74) is 6.99. The zero-order chi connectivity index (χ0) is 17.3. The highest BCUT2D eigenvalue weighted by Gasteiger charge is 2.39. The van der Waals surface area contributed by atoms with E-state index in [0.717, 1.165) is 29.7 Å². The van der Waals surface area contributed by atoms with Crippen molar-refractivity contribution in [3.8, 4) is 0 Å². The first kappa shape index (κ1) is 16.6. The monoisotopic (exact) mass is 371 g/mol. The minimum absolute atomic E-state index is 0.133. The molecule has 4 nitrogen and oxygen atoms in total. The van der Waals surface area contributed by atoms with Crippen molar-refractivity contribution >= 4 is 23.4 Å². The predicted molar refractivity (Wildman–Crippen MR) is 99.6 cm³/mol. The first-order valence-corrected chi connectivity index (χ1v) is 9.51. The Hall–Kier alpha value is -1.82. The molecular weight excluding hydrogens is 354 g/mol. The molecule has 6 heteroatoms. The third-order valence-corrected chi connectivity index (χ3v) is 6.30. The van der Waals surface area contributed by atoms with Gasteiger partial charge in [-0.05, 0) is 37.0 Å². The number of aromatic nitrogens is 2. The van der Waals surface area contributed by atoms with Crippen LogP contribution in [0.3, 0.4) is 0 Å². The van der Waals surface area contributed by atoms with E-state index in [9.17, 15) is 0 Å². The molecule has 1 unspecified atom stereocenters. The van der Waals surface area contributed by atoms with Crippen molar-refractivity contribution in [3.05, 3.63) is 76.9 Å². The summed E-state index contributed by atoms with van der Waals surface area (Å²) >= 11 is 7.95. The first-order chi connectivity index (χ1) is 12.2. The topological polar surface area (TPSA) is 64.9 Å². The maximum Gasteiger partial charge on any atom is 0.244 e. The Morgan fingerprint density at radius 3 is 2.48 bits per heavy atom. The van der Waals surface area contributed by atoms with Crippen LogP contribution in [0.5, 0.6) is 0 Å². The van der Waals surface area contributed by atoms with E-state index in [1.54, 1.807) is 11.8 Å². The summed E-state index contributed by atoms with van der Waals surface area (Å²) in [4.78, 5) is 5.62. The number of thioether (sulfide) groups is 1. The fourth-order valence-electron chi connectivity index (χ4n) is 2.88. The van der Waals surface area contributed by atoms with E-state index in [1.807, 2.05) is 42.5 Å². The van der Waals surface area contributed by atoms with Gasteiger partial charge in [-0.1, -0.05) is 59.2 Å². The summed E-state index contributed by atoms with van der Waals surface area (Å²) in [6.07, 6.45) is 2.91. The lowest BCUT2D eigenvalue weighted by atomic mass is 9.77. The SMILES string of the molecule is NC1(c2noc(C(Sc3ccccc3Cl)c3ccccc3)n2)CCC1. The van der Waals surface area contributed by atoms with Crippen LogP contribution in [0, 0.1) is 0 Å². The molecule has 0 radical (unpaired) electrons. The van der Waals surface area contributed by atoms with Gasteiger partial charge in [-0.15, -0.1) is 11.8 Å². The molecule has 1 aliphatic rings. The molecule has 1 atom stereocenters. The van der Waals surface area contributed by atoms with Crippen LogP contribution in [-0.2, 0) is 5.54 Å². The summed E-state index contributed by atoms with van der Waals surface area (Å²) < 4.78 is 5.61. The lowest BCUT2D eigenvalue weighted by Crippen LogP contribution is -2.44. The number of rotatable bonds is 5. The standard InChI is InChI=1S/C19H18ClN3OS/c20-14-9-4-5-10-15(14)25-16(13-7-2-1-3-8-13)17-22-18(23-24-17)19(21)11-6-12-19/h1-5,7-10,16H,6,11-12,21H2. The molecule has 1 aliphatic carbocycles. The number of halogens is 1. The molecule has 2 aromatic carbocycles. The lowest BCUT2D eigenvalue weighted by Gasteiger charge is -2.34. The molecule has 1 heterocycles. The van der Waals surface area contributed by atoms with Gasteiger partial charge in [-0.2, -0.15) is 4.98 Å². The van der Waals surface area contributed by atoms with Crippen molar-refractivity contribution in [3.63, 3.8) is 0 Å². The quantitative estimate of drug-likeness (QED) is 0.643. The molecule has 1 saturated carbocycles. The van der Waals surface area contributed by atoms with Crippen molar-refractivity contribution in [2.75, 3.05) is 0 Å². The van der Waals surface area contributed by atoms with Crippen LogP contribution in [-0.4, -0.2) is 10.1 Å². The fourth-order valence-corrected chi connectivity index (χ4v) is 4.23. The van der Waals surface area contributed by atoms with Gasteiger partial charge in [0.2, 0.25) is 5.89 Å². The Balaban J connectivity index is 1.70. The third-order valence-electron chi connectivity index (χ3n) is 4.54. The van der Waals surface area contributed by atoms with E-state index in [1.165, 1.54) is 0 Å². The molecule has 3 aromatic rings. The second-order valence-electron chi connectivity index (χ2n) is 6.30. The average molecular weight is 372 g/mol. The van der Waals surface area contributed by atoms with Gasteiger partial charge in [0.15, 0.2) is 5.82 Å². The average Bonchev–Trinajstić information content (AvgIpc) is 3.10. The van der Waals surface area contributed by atoms with Crippen molar-refractivity contribution in [1.29, 1.82) is 0 Å². The van der Waals surface area contributed by atoms with Gasteiger partial charge in [0.1, 0.15) is 5.25 Å². The fraction of sp³-hybridized carbons (Fsp3) is 0.263. The highest BCUT2D eigenvalue weighted by atomic mass is 35.5. The van der Waals surface area contributed by atoms with Crippen LogP contribution in [0.25, 0.3) is 0 Å². The zero-order valence-corrected chi connectivity index (χ0v) is 15.1. The van der Waals surface area contributed by atoms with Crippen molar-refractivity contribution < 1.29 is 4.52 Å². The molecular formula is C19H18ClN3OS. The number of hydrogen-bond acceptors (Lipinski definition) is 5. The Labute approximate surface area is 155 Å². The molecule has 0 amide bonds. The maximum atomic E-state index is 6.35. The molecule has 128 valence electrons. The van der Waals surface area contributed by atoms with Crippen LogP contribution in [0.4, 0.5) is 0 Å². The zero-order valence-electron chi connectivity index (χ0n) is 13.6. The number of nitrogens with two attached hydrogens (primary N) is 1. The normalized spacial score (nSPS) is 17.0. The van der Waals surface area contributed by atoms with Crippen LogP contribution < -0.4 is 5.73 Å². The second kappa shape index (κ2) is 6.83. The van der Waals surface area contributed by atoms with E-state index in [2.05, 4.69) is 22.3 Å². The summed E-state index contributed by atoms with van der Waals surface area (Å²) in [7, 11) is 0. The summed E-state index contributed by atoms with van der Waals surface area (Å²) in [6.45, 7) is 0. The van der Waals surface area contributed by atoms with Gasteiger partial charge in [0, 0.05) is 4.90 Å². The summed E-state index contributed by atoms with van der Waals surface area (Å²) in [6, 6.07) is 17.9. The van der Waals surface area contributed by atoms with Gasteiger partial charge >= 0.3 is 0 Å². The van der Waals surface area contributed by atoms with Crippen molar-refractivity contribution in [2.45, 2.75) is 34.9 Å². The number of hydrogen-bond donors (Lipinski definition) is 1. The number of benzene rings is 2. The minimum Gasteiger partial charge on any atom is -0.338 e. The van der Waals surface area contributed by atoms with Crippen molar-refractivity contribution in [1.82, 2.24) is 10.1 Å². The third kappa shape index (κ3) is 3.32. The Kier molecular flexibility index (Phi) is 4.54. The molecule has 0 saturated heterocycles. The van der Waals surface area contributed by atoms with Gasteiger partial charge in [-0.25, -0.2) is 0 Å². The molecule has 0 aliphatic heterocycles. The van der Waals surface area contributed by atoms with E-state index in [4.69, 9.17) is 21.9 Å². The lowest BCUT2D eigenvalue weighted by molar-refractivity contribution is 0.229. The molecule has 0 bridgehead atoms. The van der Waals surface area contributed by atoms with Crippen LogP contribution in [0.15, 0.2) is 64.0 Å². The molecule has 1 aromatic heterocycles. The molecule has 0 spiro atoms. The van der Waals surface area contributed by atoms with E-state index < -0.39 is 5.54 Å². The summed E-state index contributed by atoms with van der Waals surface area (Å²) in [5, 5.41) is 4.74. The van der Waals surface area contributed by atoms with Gasteiger partial charge in [-0.3, -0.25) is 0 Å². The van der Waals surface area contributed by atoms with Crippen LogP contribution in [0.1, 0.15) is 41.8 Å². The van der Waals surface area contributed by atoms with E-state index in [-0.39, 0.29) is 5.25 Å². The molecule has 1 fully saturated rings. The Morgan fingerprint density at radius 1 is 1.08 bits per heavy atom. The molecule has 25 heavy (non-hydrogen) atoms. The maximum absolute atomic E-state index is 6.35. The Morgan fingerprint density at radius 2 is 1.80 bits per heavy atom. The predicted octanol–water partition coefficient (Wildman–Crippen LogP) is 4.94. The van der Waals surface area contributed by atoms with Crippen LogP contribution >= 0.6 is 23.4 Å². The minimum atomic E-state index is -0.432. The highest BCUT2D eigenvalue weighted by molar-refractivity contribution is 7.99. The molecule has 2 N–H and O–H groups in total. The van der Waals surface area contributed by atoms with Gasteiger partial charge in [0.05, 0.1) is 10.6 Å².